The summed E-state index contributed by atoms with van der Waals surface area (Å²) < 4.78 is 5.24. The molecule has 1 aliphatic heterocycles. The van der Waals surface area contributed by atoms with Crippen LogP contribution < -0.4 is 0 Å². The highest BCUT2D eigenvalue weighted by Crippen LogP contribution is 2.28. The number of benzene rings is 1. The molecule has 1 aliphatic rings. The third kappa shape index (κ3) is 3.28. The van der Waals surface area contributed by atoms with Gasteiger partial charge in [0.25, 0.3) is 0 Å². The van der Waals surface area contributed by atoms with Crippen LogP contribution in [0.15, 0.2) is 29.3 Å². The molecule has 1 saturated heterocycles. The second kappa shape index (κ2) is 6.86. The Bertz CT molecular complexity index is 595. The van der Waals surface area contributed by atoms with Gasteiger partial charge in [-0.2, -0.15) is 0 Å². The van der Waals surface area contributed by atoms with Crippen LogP contribution in [0.4, 0.5) is 0 Å². The number of thioether (sulfide) groups is 1. The maximum absolute atomic E-state index is 5.24. The molecule has 0 saturated carbocycles. The molecule has 3 nitrogen and oxygen atoms in total. The number of methoxy groups -OCH3 is 1. The molecule has 0 radical (unpaired) electrons. The summed E-state index contributed by atoms with van der Waals surface area (Å²) in [4.78, 5) is 7.34. The van der Waals surface area contributed by atoms with E-state index in [0.717, 1.165) is 19.6 Å². The molecule has 114 valence electrons. The number of likely N-dealkylation sites (tertiary alicyclic amines) is 1. The second-order valence-corrected chi connectivity index (χ2v) is 6.63. The number of aromatic nitrogens is 1. The maximum atomic E-state index is 5.24. The van der Waals surface area contributed by atoms with Crippen LogP contribution in [-0.4, -0.2) is 49.0 Å². The fourth-order valence-corrected chi connectivity index (χ4v) is 3.78. The lowest BCUT2D eigenvalue weighted by atomic mass is 10.0. The summed E-state index contributed by atoms with van der Waals surface area (Å²) in [5.74, 6) is 0. The van der Waals surface area contributed by atoms with E-state index in [1.54, 1.807) is 7.11 Å². The summed E-state index contributed by atoms with van der Waals surface area (Å²) >= 11 is 1.81. The molecule has 0 amide bonds. The molecule has 1 unspecified atom stereocenters. The Kier molecular flexibility index (Phi) is 4.88. The number of rotatable bonds is 6. The van der Waals surface area contributed by atoms with E-state index in [9.17, 15) is 0 Å². The molecule has 2 aromatic rings. The van der Waals surface area contributed by atoms with Crippen LogP contribution in [-0.2, 0) is 11.2 Å². The van der Waals surface area contributed by atoms with Gasteiger partial charge in [0.15, 0.2) is 0 Å². The number of nitrogens with zero attached hydrogens (tertiary/aromatic N) is 1. The summed E-state index contributed by atoms with van der Waals surface area (Å²) in [6.45, 7) is 3.10. The standard InChI is InChI=1S/C17H24N2OS/c1-20-9-8-19-7-3-4-14(19)10-13-12-18-17-6-5-15(21-2)11-16(13)17/h5-6,11-12,14,18H,3-4,7-10H2,1-2H3. The Balaban J connectivity index is 1.77. The van der Waals surface area contributed by atoms with E-state index >= 15 is 0 Å². The van der Waals surface area contributed by atoms with E-state index in [4.69, 9.17) is 4.74 Å². The Morgan fingerprint density at radius 2 is 2.33 bits per heavy atom. The van der Waals surface area contributed by atoms with E-state index in [0.29, 0.717) is 6.04 Å². The van der Waals surface area contributed by atoms with E-state index < -0.39 is 0 Å². The Labute approximate surface area is 131 Å². The minimum Gasteiger partial charge on any atom is -0.383 e. The average molecular weight is 304 g/mol. The van der Waals surface area contributed by atoms with E-state index in [2.05, 4.69) is 40.5 Å². The van der Waals surface area contributed by atoms with Crippen LogP contribution in [0.25, 0.3) is 10.9 Å². The van der Waals surface area contributed by atoms with Gasteiger partial charge in [0.05, 0.1) is 6.61 Å². The van der Waals surface area contributed by atoms with Gasteiger partial charge in [-0.3, -0.25) is 4.90 Å². The van der Waals surface area contributed by atoms with Gasteiger partial charge in [0, 0.05) is 41.7 Å². The first-order valence-corrected chi connectivity index (χ1v) is 8.91. The molecule has 1 aromatic heterocycles. The Morgan fingerprint density at radius 3 is 3.14 bits per heavy atom. The van der Waals surface area contributed by atoms with Crippen molar-refractivity contribution in [1.82, 2.24) is 9.88 Å². The highest BCUT2D eigenvalue weighted by atomic mass is 32.2. The highest BCUT2D eigenvalue weighted by Gasteiger charge is 2.25. The molecule has 1 fully saturated rings. The van der Waals surface area contributed by atoms with Crippen LogP contribution in [0.3, 0.4) is 0 Å². The lowest BCUT2D eigenvalue weighted by Gasteiger charge is -2.23. The third-order valence-electron chi connectivity index (χ3n) is 4.51. The minimum absolute atomic E-state index is 0.664. The maximum Gasteiger partial charge on any atom is 0.0589 e. The molecule has 4 heteroatoms. The normalized spacial score (nSPS) is 19.6. The van der Waals surface area contributed by atoms with E-state index in [-0.39, 0.29) is 0 Å². The van der Waals surface area contributed by atoms with Crippen molar-refractivity contribution < 1.29 is 4.74 Å². The van der Waals surface area contributed by atoms with Gasteiger partial charge < -0.3 is 9.72 Å². The van der Waals surface area contributed by atoms with Gasteiger partial charge in [-0.15, -0.1) is 11.8 Å². The van der Waals surface area contributed by atoms with Gasteiger partial charge >= 0.3 is 0 Å². The van der Waals surface area contributed by atoms with Crippen molar-refractivity contribution in [3.8, 4) is 0 Å². The monoisotopic (exact) mass is 304 g/mol. The Morgan fingerprint density at radius 1 is 1.43 bits per heavy atom. The largest absolute Gasteiger partial charge is 0.383 e. The summed E-state index contributed by atoms with van der Waals surface area (Å²) in [6, 6.07) is 7.37. The number of hydrogen-bond acceptors (Lipinski definition) is 3. The number of fused-ring (bicyclic) bond motifs is 1. The smallest absolute Gasteiger partial charge is 0.0589 e. The van der Waals surface area contributed by atoms with Gasteiger partial charge in [-0.05, 0) is 55.8 Å². The third-order valence-corrected chi connectivity index (χ3v) is 5.24. The first-order chi connectivity index (χ1) is 10.3. The topological polar surface area (TPSA) is 28.3 Å². The van der Waals surface area contributed by atoms with Gasteiger partial charge in [0.2, 0.25) is 0 Å². The molecule has 3 rings (SSSR count). The number of ether oxygens (including phenoxy) is 1. The zero-order valence-electron chi connectivity index (χ0n) is 12.9. The first kappa shape index (κ1) is 14.9. The highest BCUT2D eigenvalue weighted by molar-refractivity contribution is 7.98. The van der Waals surface area contributed by atoms with Gasteiger partial charge in [0.1, 0.15) is 0 Å². The minimum atomic E-state index is 0.664. The van der Waals surface area contributed by atoms with Crippen LogP contribution in [0.5, 0.6) is 0 Å². The van der Waals surface area contributed by atoms with Crippen molar-refractivity contribution in [3.63, 3.8) is 0 Å². The first-order valence-electron chi connectivity index (χ1n) is 7.69. The zero-order chi connectivity index (χ0) is 14.7. The van der Waals surface area contributed by atoms with Crippen molar-refractivity contribution >= 4 is 22.7 Å². The predicted molar refractivity (Wildman–Crippen MR) is 90.3 cm³/mol. The summed E-state index contributed by atoms with van der Waals surface area (Å²) in [7, 11) is 1.79. The molecule has 1 atom stereocenters. The number of nitrogens with one attached hydrogen (secondary N) is 1. The molecule has 1 N–H and O–H groups in total. The van der Waals surface area contributed by atoms with Crippen LogP contribution in [0.2, 0.25) is 0 Å². The van der Waals surface area contributed by atoms with Crippen molar-refractivity contribution in [2.45, 2.75) is 30.2 Å². The average Bonchev–Trinajstić information content (AvgIpc) is 3.12. The predicted octanol–water partition coefficient (Wildman–Crippen LogP) is 3.54. The molecule has 0 aliphatic carbocycles. The SMILES string of the molecule is COCCN1CCCC1Cc1c[nH]c2ccc(SC)cc12. The zero-order valence-corrected chi connectivity index (χ0v) is 13.7. The molecule has 21 heavy (non-hydrogen) atoms. The fraction of sp³-hybridized carbons (Fsp3) is 0.529. The van der Waals surface area contributed by atoms with Crippen molar-refractivity contribution in [3.05, 3.63) is 30.0 Å². The van der Waals surface area contributed by atoms with Crippen LogP contribution >= 0.6 is 11.8 Å². The summed E-state index contributed by atoms with van der Waals surface area (Å²) in [6.07, 6.45) is 8.09. The van der Waals surface area contributed by atoms with Crippen LogP contribution in [0, 0.1) is 0 Å². The molecular weight excluding hydrogens is 280 g/mol. The molecule has 2 heterocycles. The lowest BCUT2D eigenvalue weighted by Crippen LogP contribution is -2.33. The molecule has 1 aromatic carbocycles. The number of aromatic amines is 1. The molecule has 0 bridgehead atoms. The number of hydrogen-bond donors (Lipinski definition) is 1. The molecule has 0 spiro atoms. The lowest BCUT2D eigenvalue weighted by molar-refractivity contribution is 0.141. The number of H-pyrrole nitrogens is 1. The van der Waals surface area contributed by atoms with Gasteiger partial charge in [-0.25, -0.2) is 0 Å². The van der Waals surface area contributed by atoms with Crippen molar-refractivity contribution in [2.24, 2.45) is 0 Å². The van der Waals surface area contributed by atoms with Crippen LogP contribution in [0.1, 0.15) is 18.4 Å². The quantitative estimate of drug-likeness (QED) is 0.827. The summed E-state index contributed by atoms with van der Waals surface area (Å²) in [5.41, 5.74) is 2.71. The van der Waals surface area contributed by atoms with Gasteiger partial charge in [-0.1, -0.05) is 0 Å². The van der Waals surface area contributed by atoms with E-state index in [1.807, 2.05) is 11.8 Å². The Hall–Kier alpha value is -0.970. The van der Waals surface area contributed by atoms with E-state index in [1.165, 1.54) is 40.7 Å². The summed E-state index contributed by atoms with van der Waals surface area (Å²) in [5, 5.41) is 1.39. The van der Waals surface area contributed by atoms with Crippen molar-refractivity contribution in [2.75, 3.05) is 33.1 Å². The molecular formula is C17H24N2OS. The van der Waals surface area contributed by atoms with Crippen molar-refractivity contribution in [1.29, 1.82) is 0 Å². The fourth-order valence-electron chi connectivity index (χ4n) is 3.34. The second-order valence-electron chi connectivity index (χ2n) is 5.75.